The van der Waals surface area contributed by atoms with E-state index in [4.69, 9.17) is 10.5 Å². The highest BCUT2D eigenvalue weighted by Crippen LogP contribution is 2.23. The maximum Gasteiger partial charge on any atom is 0.321 e. The third-order valence-electron chi connectivity index (χ3n) is 2.29. The first-order chi connectivity index (χ1) is 8.19. The van der Waals surface area contributed by atoms with Crippen molar-refractivity contribution in [3.63, 3.8) is 0 Å². The molecule has 0 radical (unpaired) electrons. The summed E-state index contributed by atoms with van der Waals surface area (Å²) < 4.78 is 6.42. The van der Waals surface area contributed by atoms with Gasteiger partial charge in [-0.2, -0.15) is 0 Å². The number of halogens is 1. The van der Waals surface area contributed by atoms with Crippen LogP contribution in [0.3, 0.4) is 0 Å². The molecule has 0 aliphatic carbocycles. The number of aromatic nitrogens is 2. The molecule has 0 aliphatic rings. The SMILES string of the molecule is Cc1ccc(CN)cc1Oc1ncc(Br)cn1. The van der Waals surface area contributed by atoms with Crippen LogP contribution in [-0.4, -0.2) is 9.97 Å². The second-order valence-electron chi connectivity index (χ2n) is 3.59. The minimum absolute atomic E-state index is 0.325. The Balaban J connectivity index is 2.25. The first-order valence-corrected chi connectivity index (χ1v) is 5.93. The molecular weight excluding hydrogens is 282 g/mol. The Morgan fingerprint density at radius 3 is 2.65 bits per heavy atom. The van der Waals surface area contributed by atoms with Crippen molar-refractivity contribution in [2.45, 2.75) is 13.5 Å². The van der Waals surface area contributed by atoms with Crippen molar-refractivity contribution in [2.75, 3.05) is 0 Å². The van der Waals surface area contributed by atoms with Crippen molar-refractivity contribution < 1.29 is 4.74 Å². The lowest BCUT2D eigenvalue weighted by atomic mass is 10.1. The van der Waals surface area contributed by atoms with Crippen LogP contribution in [0.5, 0.6) is 11.8 Å². The lowest BCUT2D eigenvalue weighted by Gasteiger charge is -2.08. The van der Waals surface area contributed by atoms with Crippen molar-refractivity contribution in [1.29, 1.82) is 0 Å². The third kappa shape index (κ3) is 3.01. The smallest absolute Gasteiger partial charge is 0.321 e. The summed E-state index contributed by atoms with van der Waals surface area (Å²) in [5.41, 5.74) is 7.63. The highest BCUT2D eigenvalue weighted by molar-refractivity contribution is 9.10. The monoisotopic (exact) mass is 293 g/mol. The van der Waals surface area contributed by atoms with Gasteiger partial charge in [-0.3, -0.25) is 0 Å². The van der Waals surface area contributed by atoms with Crippen LogP contribution >= 0.6 is 15.9 Å². The molecule has 0 spiro atoms. The van der Waals surface area contributed by atoms with Crippen LogP contribution in [0.4, 0.5) is 0 Å². The molecule has 0 fully saturated rings. The van der Waals surface area contributed by atoms with Gasteiger partial charge in [0.15, 0.2) is 0 Å². The molecular formula is C12H12BrN3O. The molecule has 1 heterocycles. The van der Waals surface area contributed by atoms with Crippen LogP contribution in [0.25, 0.3) is 0 Å². The molecule has 4 nitrogen and oxygen atoms in total. The van der Waals surface area contributed by atoms with Crippen LogP contribution in [0, 0.1) is 6.92 Å². The first kappa shape index (κ1) is 12.0. The van der Waals surface area contributed by atoms with Crippen LogP contribution in [-0.2, 0) is 6.54 Å². The maximum absolute atomic E-state index is 5.61. The van der Waals surface area contributed by atoms with E-state index >= 15 is 0 Å². The van der Waals surface area contributed by atoms with E-state index in [0.717, 1.165) is 21.3 Å². The molecule has 0 unspecified atom stereocenters. The van der Waals surface area contributed by atoms with Gasteiger partial charge >= 0.3 is 6.01 Å². The summed E-state index contributed by atoms with van der Waals surface area (Å²) in [7, 11) is 0. The van der Waals surface area contributed by atoms with Gasteiger partial charge in [-0.05, 0) is 40.0 Å². The number of benzene rings is 1. The van der Waals surface area contributed by atoms with Crippen molar-refractivity contribution in [3.8, 4) is 11.8 Å². The van der Waals surface area contributed by atoms with Crippen LogP contribution < -0.4 is 10.5 Å². The summed E-state index contributed by atoms with van der Waals surface area (Å²) in [5, 5.41) is 0. The van der Waals surface area contributed by atoms with E-state index in [1.54, 1.807) is 12.4 Å². The predicted molar refractivity (Wildman–Crippen MR) is 68.9 cm³/mol. The Bertz CT molecular complexity index is 514. The molecule has 2 aromatic rings. The molecule has 1 aromatic heterocycles. The Kier molecular flexibility index (Phi) is 3.71. The second kappa shape index (κ2) is 5.25. The zero-order valence-corrected chi connectivity index (χ0v) is 10.9. The molecule has 17 heavy (non-hydrogen) atoms. The number of hydrogen-bond acceptors (Lipinski definition) is 4. The maximum atomic E-state index is 5.61. The van der Waals surface area contributed by atoms with Gasteiger partial charge in [-0.15, -0.1) is 0 Å². The Morgan fingerprint density at radius 2 is 2.00 bits per heavy atom. The first-order valence-electron chi connectivity index (χ1n) is 5.14. The molecule has 88 valence electrons. The van der Waals surface area contributed by atoms with Crippen LogP contribution in [0.15, 0.2) is 35.1 Å². The normalized spacial score (nSPS) is 10.3. The topological polar surface area (TPSA) is 61.0 Å². The minimum atomic E-state index is 0.325. The van der Waals surface area contributed by atoms with E-state index in [-0.39, 0.29) is 0 Å². The van der Waals surface area contributed by atoms with Gasteiger partial charge in [0.1, 0.15) is 5.75 Å². The quantitative estimate of drug-likeness (QED) is 0.945. The molecule has 2 rings (SSSR count). The van der Waals surface area contributed by atoms with Crippen molar-refractivity contribution in [2.24, 2.45) is 5.73 Å². The van der Waals surface area contributed by atoms with Crippen molar-refractivity contribution in [1.82, 2.24) is 9.97 Å². The number of ether oxygens (including phenoxy) is 1. The van der Waals surface area contributed by atoms with Gasteiger partial charge in [-0.25, -0.2) is 9.97 Å². The molecule has 0 amide bonds. The van der Waals surface area contributed by atoms with E-state index in [2.05, 4.69) is 25.9 Å². The summed E-state index contributed by atoms with van der Waals surface area (Å²) in [6.45, 7) is 2.45. The van der Waals surface area contributed by atoms with Crippen LogP contribution in [0.1, 0.15) is 11.1 Å². The van der Waals surface area contributed by atoms with Gasteiger partial charge < -0.3 is 10.5 Å². The van der Waals surface area contributed by atoms with Crippen molar-refractivity contribution >= 4 is 15.9 Å². The van der Waals surface area contributed by atoms with Gasteiger partial charge in [0.2, 0.25) is 0 Å². The van der Waals surface area contributed by atoms with Crippen molar-refractivity contribution in [3.05, 3.63) is 46.2 Å². The molecule has 5 heteroatoms. The standard InChI is InChI=1S/C12H12BrN3O/c1-8-2-3-9(5-14)4-11(8)17-12-15-6-10(13)7-16-12/h2-4,6-7H,5,14H2,1H3. The Morgan fingerprint density at radius 1 is 1.29 bits per heavy atom. The number of aryl methyl sites for hydroxylation is 1. The lowest BCUT2D eigenvalue weighted by Crippen LogP contribution is -1.98. The summed E-state index contributed by atoms with van der Waals surface area (Å²) in [5.74, 6) is 0.732. The summed E-state index contributed by atoms with van der Waals surface area (Å²) in [6, 6.07) is 6.17. The molecule has 0 saturated carbocycles. The Hall–Kier alpha value is -1.46. The number of rotatable bonds is 3. The molecule has 0 atom stereocenters. The average molecular weight is 294 g/mol. The largest absolute Gasteiger partial charge is 0.424 e. The molecule has 0 saturated heterocycles. The minimum Gasteiger partial charge on any atom is -0.424 e. The zero-order valence-electron chi connectivity index (χ0n) is 9.35. The zero-order chi connectivity index (χ0) is 12.3. The number of hydrogen-bond donors (Lipinski definition) is 1. The van der Waals surface area contributed by atoms with E-state index < -0.39 is 0 Å². The third-order valence-corrected chi connectivity index (χ3v) is 2.70. The molecule has 0 aliphatic heterocycles. The number of nitrogens with zero attached hydrogens (tertiary/aromatic N) is 2. The van der Waals surface area contributed by atoms with Gasteiger partial charge in [-0.1, -0.05) is 12.1 Å². The number of nitrogens with two attached hydrogens (primary N) is 1. The summed E-state index contributed by atoms with van der Waals surface area (Å²) in [6.07, 6.45) is 3.29. The van der Waals surface area contributed by atoms with Gasteiger partial charge in [0.05, 0.1) is 4.47 Å². The summed E-state index contributed by atoms with van der Waals surface area (Å²) in [4.78, 5) is 8.12. The fraction of sp³-hybridized carbons (Fsp3) is 0.167. The second-order valence-corrected chi connectivity index (χ2v) is 4.51. The van der Waals surface area contributed by atoms with E-state index in [0.29, 0.717) is 12.6 Å². The average Bonchev–Trinajstić information content (AvgIpc) is 2.35. The summed E-state index contributed by atoms with van der Waals surface area (Å²) >= 11 is 3.27. The Labute approximate surface area is 108 Å². The highest BCUT2D eigenvalue weighted by Gasteiger charge is 2.04. The van der Waals surface area contributed by atoms with E-state index in [1.165, 1.54) is 0 Å². The molecule has 0 bridgehead atoms. The van der Waals surface area contributed by atoms with E-state index in [9.17, 15) is 0 Å². The van der Waals surface area contributed by atoms with E-state index in [1.807, 2.05) is 25.1 Å². The fourth-order valence-corrected chi connectivity index (χ4v) is 1.54. The van der Waals surface area contributed by atoms with Crippen LogP contribution in [0.2, 0.25) is 0 Å². The van der Waals surface area contributed by atoms with Gasteiger partial charge in [0, 0.05) is 18.9 Å². The lowest BCUT2D eigenvalue weighted by molar-refractivity contribution is 0.437. The molecule has 1 aromatic carbocycles. The molecule has 2 N–H and O–H groups in total. The highest BCUT2D eigenvalue weighted by atomic mass is 79.9. The van der Waals surface area contributed by atoms with Gasteiger partial charge in [0.25, 0.3) is 0 Å². The fourth-order valence-electron chi connectivity index (χ4n) is 1.33. The predicted octanol–water partition coefficient (Wildman–Crippen LogP) is 2.80.